The van der Waals surface area contributed by atoms with E-state index >= 15 is 0 Å². The van der Waals surface area contributed by atoms with E-state index in [0.717, 1.165) is 11.3 Å². The third-order valence-corrected chi connectivity index (χ3v) is 4.54. The fraction of sp³-hybridized carbons (Fsp3) is 0.364. The van der Waals surface area contributed by atoms with Crippen LogP contribution in [0.5, 0.6) is 0 Å². The lowest BCUT2D eigenvalue weighted by molar-refractivity contribution is -0.117. The zero-order valence-corrected chi connectivity index (χ0v) is 10.2. The van der Waals surface area contributed by atoms with Crippen LogP contribution in [0.4, 0.5) is 5.69 Å². The van der Waals surface area contributed by atoms with Crippen LogP contribution in [0.1, 0.15) is 5.56 Å². The molecule has 0 radical (unpaired) electrons. The summed E-state index contributed by atoms with van der Waals surface area (Å²) < 4.78 is 23.5. The van der Waals surface area contributed by atoms with E-state index in [1.54, 1.807) is 13.1 Å². The average molecular weight is 255 g/mol. The molecule has 1 amide bonds. The maximum Gasteiger partial charge on any atom is 0.231 e. The first-order chi connectivity index (χ1) is 7.95. The second-order valence-corrected chi connectivity index (χ2v) is 6.07. The molecule has 1 aliphatic heterocycles. The molecule has 1 aromatic carbocycles. The molecule has 0 aliphatic carbocycles. The van der Waals surface area contributed by atoms with Crippen molar-refractivity contribution in [1.82, 2.24) is 0 Å². The Bertz CT molecular complexity index is 565. The number of aliphatic hydroxyl groups excluding tert-OH is 1. The Morgan fingerprint density at radius 1 is 1.41 bits per heavy atom. The molecule has 0 atom stereocenters. The number of hydrogen-bond donors (Lipinski definition) is 1. The van der Waals surface area contributed by atoms with E-state index in [1.807, 2.05) is 0 Å². The summed E-state index contributed by atoms with van der Waals surface area (Å²) in [6.45, 7) is -0.405. The van der Waals surface area contributed by atoms with Crippen molar-refractivity contribution < 1.29 is 18.3 Å². The Morgan fingerprint density at radius 3 is 2.76 bits per heavy atom. The lowest BCUT2D eigenvalue weighted by Crippen LogP contribution is -2.20. The van der Waals surface area contributed by atoms with Gasteiger partial charge in [0, 0.05) is 12.7 Å². The Balaban J connectivity index is 2.44. The van der Waals surface area contributed by atoms with Gasteiger partial charge in [-0.2, -0.15) is 0 Å². The number of benzene rings is 1. The van der Waals surface area contributed by atoms with Crippen molar-refractivity contribution in [1.29, 1.82) is 0 Å². The molecule has 0 aromatic heterocycles. The van der Waals surface area contributed by atoms with Gasteiger partial charge >= 0.3 is 0 Å². The number of carbonyl (C=O) groups is 1. The van der Waals surface area contributed by atoms with E-state index in [4.69, 9.17) is 5.11 Å². The Kier molecular flexibility index (Phi) is 2.92. The van der Waals surface area contributed by atoms with E-state index in [1.165, 1.54) is 17.0 Å². The first kappa shape index (κ1) is 12.1. The SMILES string of the molecule is CN1C(=O)Cc2cc(S(=O)(=O)CCO)ccc21. The molecule has 0 saturated heterocycles. The molecule has 1 heterocycles. The third-order valence-electron chi connectivity index (χ3n) is 2.85. The van der Waals surface area contributed by atoms with Gasteiger partial charge in [0.15, 0.2) is 9.84 Å². The highest BCUT2D eigenvalue weighted by molar-refractivity contribution is 7.91. The molecule has 0 fully saturated rings. The van der Waals surface area contributed by atoms with Gasteiger partial charge in [-0.05, 0) is 23.8 Å². The van der Waals surface area contributed by atoms with Crippen molar-refractivity contribution in [2.45, 2.75) is 11.3 Å². The number of fused-ring (bicyclic) bond motifs is 1. The topological polar surface area (TPSA) is 74.7 Å². The van der Waals surface area contributed by atoms with Crippen LogP contribution in [0.15, 0.2) is 23.1 Å². The summed E-state index contributed by atoms with van der Waals surface area (Å²) in [6, 6.07) is 4.62. The molecule has 0 spiro atoms. The zero-order valence-electron chi connectivity index (χ0n) is 9.38. The standard InChI is InChI=1S/C11H13NO4S/c1-12-10-3-2-9(17(15,16)5-4-13)6-8(10)7-11(12)14/h2-3,6,13H,4-5,7H2,1H3. The van der Waals surface area contributed by atoms with Crippen LogP contribution in [-0.4, -0.2) is 38.8 Å². The van der Waals surface area contributed by atoms with Gasteiger partial charge in [-0.25, -0.2) is 8.42 Å². The van der Waals surface area contributed by atoms with Crippen molar-refractivity contribution in [3.8, 4) is 0 Å². The van der Waals surface area contributed by atoms with Crippen LogP contribution >= 0.6 is 0 Å². The smallest absolute Gasteiger partial charge is 0.231 e. The van der Waals surface area contributed by atoms with Gasteiger partial charge in [-0.1, -0.05) is 0 Å². The van der Waals surface area contributed by atoms with Gasteiger partial charge in [0.25, 0.3) is 0 Å². The van der Waals surface area contributed by atoms with Crippen molar-refractivity contribution >= 4 is 21.4 Å². The van der Waals surface area contributed by atoms with Crippen molar-refractivity contribution in [3.05, 3.63) is 23.8 Å². The predicted molar refractivity (Wildman–Crippen MR) is 62.7 cm³/mol. The minimum Gasteiger partial charge on any atom is -0.395 e. The summed E-state index contributed by atoms with van der Waals surface area (Å²) in [5, 5.41) is 8.70. The minimum absolute atomic E-state index is 0.0447. The summed E-state index contributed by atoms with van der Waals surface area (Å²) in [5.41, 5.74) is 1.47. The fourth-order valence-electron chi connectivity index (χ4n) is 1.88. The molecule has 1 aliphatic rings. The second kappa shape index (κ2) is 4.12. The van der Waals surface area contributed by atoms with E-state index in [-0.39, 0.29) is 23.0 Å². The van der Waals surface area contributed by atoms with E-state index < -0.39 is 16.4 Å². The van der Waals surface area contributed by atoms with Crippen molar-refractivity contribution in [3.63, 3.8) is 0 Å². The Morgan fingerprint density at radius 2 is 2.12 bits per heavy atom. The van der Waals surface area contributed by atoms with E-state index in [9.17, 15) is 13.2 Å². The summed E-state index contributed by atoms with van der Waals surface area (Å²) in [7, 11) is -1.78. The molecule has 2 rings (SSSR count). The third kappa shape index (κ3) is 2.05. The predicted octanol–water partition coefficient (Wildman–Crippen LogP) is -0.0285. The molecule has 5 nitrogen and oxygen atoms in total. The molecule has 0 unspecified atom stereocenters. The summed E-state index contributed by atoms with van der Waals surface area (Å²) in [4.78, 5) is 13.1. The number of sulfone groups is 1. The lowest BCUT2D eigenvalue weighted by Gasteiger charge is -2.10. The van der Waals surface area contributed by atoms with E-state index in [2.05, 4.69) is 0 Å². The maximum atomic E-state index is 11.7. The average Bonchev–Trinajstić information content (AvgIpc) is 2.54. The van der Waals surface area contributed by atoms with E-state index in [0.29, 0.717) is 0 Å². The molecule has 1 aromatic rings. The van der Waals surface area contributed by atoms with Gasteiger partial charge in [0.1, 0.15) is 0 Å². The first-order valence-corrected chi connectivity index (χ1v) is 6.84. The summed E-state index contributed by atoms with van der Waals surface area (Å²) in [5.74, 6) is -0.341. The first-order valence-electron chi connectivity index (χ1n) is 5.19. The number of hydrogen-bond acceptors (Lipinski definition) is 4. The normalized spacial score (nSPS) is 15.2. The van der Waals surface area contributed by atoms with Gasteiger partial charge in [-0.15, -0.1) is 0 Å². The van der Waals surface area contributed by atoms with Crippen LogP contribution in [0.25, 0.3) is 0 Å². The van der Waals surface area contributed by atoms with Gasteiger partial charge in [-0.3, -0.25) is 4.79 Å². The van der Waals surface area contributed by atoms with Crippen LogP contribution in [0.2, 0.25) is 0 Å². The number of likely N-dealkylation sites (N-methyl/N-ethyl adjacent to an activating group) is 1. The molecule has 6 heteroatoms. The highest BCUT2D eigenvalue weighted by Crippen LogP contribution is 2.29. The molecular weight excluding hydrogens is 242 g/mol. The summed E-state index contributed by atoms with van der Waals surface area (Å²) >= 11 is 0. The second-order valence-electron chi connectivity index (χ2n) is 3.96. The van der Waals surface area contributed by atoms with Crippen LogP contribution in [0, 0.1) is 0 Å². The number of anilines is 1. The molecule has 1 N–H and O–H groups in total. The van der Waals surface area contributed by atoms with Crippen LogP contribution in [-0.2, 0) is 21.1 Å². The number of carbonyl (C=O) groups excluding carboxylic acids is 1. The maximum absolute atomic E-state index is 11.7. The largest absolute Gasteiger partial charge is 0.395 e. The number of amides is 1. The lowest BCUT2D eigenvalue weighted by atomic mass is 10.2. The Labute approximate surface area is 99.6 Å². The van der Waals surface area contributed by atoms with Gasteiger partial charge in [0.05, 0.1) is 23.7 Å². The zero-order chi connectivity index (χ0) is 12.6. The molecule has 0 saturated carbocycles. The highest BCUT2D eigenvalue weighted by atomic mass is 32.2. The van der Waals surface area contributed by atoms with Crippen molar-refractivity contribution in [2.24, 2.45) is 0 Å². The molecule has 0 bridgehead atoms. The summed E-state index contributed by atoms with van der Waals surface area (Å²) in [6.07, 6.45) is 0.230. The van der Waals surface area contributed by atoms with Crippen LogP contribution < -0.4 is 4.90 Å². The van der Waals surface area contributed by atoms with Crippen molar-refractivity contribution in [2.75, 3.05) is 24.3 Å². The molecular formula is C11H13NO4S. The minimum atomic E-state index is -3.45. The van der Waals surface area contributed by atoms with Gasteiger partial charge in [0.2, 0.25) is 5.91 Å². The number of aliphatic hydroxyl groups is 1. The monoisotopic (exact) mass is 255 g/mol. The Hall–Kier alpha value is -1.40. The van der Waals surface area contributed by atoms with Gasteiger partial charge < -0.3 is 10.0 Å². The molecule has 17 heavy (non-hydrogen) atoms. The number of nitrogens with zero attached hydrogens (tertiary/aromatic N) is 1. The number of rotatable bonds is 3. The fourth-order valence-corrected chi connectivity index (χ4v) is 2.95. The molecule has 92 valence electrons. The highest BCUT2D eigenvalue weighted by Gasteiger charge is 2.25. The quantitative estimate of drug-likeness (QED) is 0.823. The van der Waals surface area contributed by atoms with Crippen LogP contribution in [0.3, 0.4) is 0 Å².